The number of rotatable bonds is 10. The predicted molar refractivity (Wildman–Crippen MR) is 115 cm³/mol. The number of alkyl carbamates (subject to hydrolysis) is 1. The summed E-state index contributed by atoms with van der Waals surface area (Å²) in [4.78, 5) is 39.0. The van der Waals surface area contributed by atoms with Gasteiger partial charge in [-0.3, -0.25) is 9.59 Å². The van der Waals surface area contributed by atoms with Crippen molar-refractivity contribution in [1.82, 2.24) is 15.5 Å². The molecular weight excluding hydrogens is 386 g/mol. The first-order valence-electron chi connectivity index (χ1n) is 10.3. The standard InChI is InChI=1S/C22H35N3O5/c1-6-7-12-23-20(28)19(17-10-8-16(2)9-11-17)25(13-14-26)18(27)15-24-21(29)30-22(3,4)5/h8-11,19,26H,6-7,12-15H2,1-5H3,(H,23,28)(H,24,29). The number of carbonyl (C=O) groups is 3. The van der Waals surface area contributed by atoms with E-state index in [0.29, 0.717) is 12.1 Å². The minimum Gasteiger partial charge on any atom is -0.444 e. The van der Waals surface area contributed by atoms with Crippen LogP contribution in [0.25, 0.3) is 0 Å². The Balaban J connectivity index is 3.04. The molecule has 1 aromatic carbocycles. The molecule has 0 aliphatic rings. The van der Waals surface area contributed by atoms with Crippen LogP contribution >= 0.6 is 0 Å². The van der Waals surface area contributed by atoms with E-state index in [0.717, 1.165) is 18.4 Å². The molecule has 0 aliphatic heterocycles. The highest BCUT2D eigenvalue weighted by Crippen LogP contribution is 2.22. The Hall–Kier alpha value is -2.61. The van der Waals surface area contributed by atoms with E-state index in [2.05, 4.69) is 10.6 Å². The molecule has 0 spiro atoms. The van der Waals surface area contributed by atoms with E-state index in [9.17, 15) is 19.5 Å². The first-order chi connectivity index (χ1) is 14.1. The van der Waals surface area contributed by atoms with Gasteiger partial charge in [-0.15, -0.1) is 0 Å². The van der Waals surface area contributed by atoms with Gasteiger partial charge in [-0.1, -0.05) is 43.2 Å². The number of hydrogen-bond acceptors (Lipinski definition) is 5. The molecule has 0 aromatic heterocycles. The fourth-order valence-electron chi connectivity index (χ4n) is 2.78. The molecule has 0 saturated carbocycles. The second-order valence-electron chi connectivity index (χ2n) is 8.12. The zero-order valence-corrected chi connectivity index (χ0v) is 18.7. The van der Waals surface area contributed by atoms with Gasteiger partial charge in [0, 0.05) is 13.1 Å². The minimum atomic E-state index is -0.914. The number of carbonyl (C=O) groups excluding carboxylic acids is 3. The number of aliphatic hydroxyl groups excluding tert-OH is 1. The first-order valence-corrected chi connectivity index (χ1v) is 10.3. The van der Waals surface area contributed by atoms with Crippen molar-refractivity contribution >= 4 is 17.9 Å². The third kappa shape index (κ3) is 8.82. The fourth-order valence-corrected chi connectivity index (χ4v) is 2.78. The molecular formula is C22H35N3O5. The number of aliphatic hydroxyl groups is 1. The van der Waals surface area contributed by atoms with Gasteiger partial charge in [0.2, 0.25) is 11.8 Å². The van der Waals surface area contributed by atoms with E-state index in [4.69, 9.17) is 4.74 Å². The Kier molecular flexibility index (Phi) is 10.3. The summed E-state index contributed by atoms with van der Waals surface area (Å²) in [5, 5.41) is 14.8. The van der Waals surface area contributed by atoms with Gasteiger partial charge in [0.1, 0.15) is 18.2 Å². The van der Waals surface area contributed by atoms with Crippen LogP contribution in [0.1, 0.15) is 57.7 Å². The maximum absolute atomic E-state index is 13.0. The largest absolute Gasteiger partial charge is 0.444 e. The number of ether oxygens (including phenoxy) is 1. The lowest BCUT2D eigenvalue weighted by Gasteiger charge is -2.31. The van der Waals surface area contributed by atoms with Gasteiger partial charge in [-0.2, -0.15) is 0 Å². The number of unbranched alkanes of at least 4 members (excludes halogenated alkanes) is 1. The van der Waals surface area contributed by atoms with Gasteiger partial charge in [0.25, 0.3) is 0 Å². The summed E-state index contributed by atoms with van der Waals surface area (Å²) >= 11 is 0. The van der Waals surface area contributed by atoms with Crippen molar-refractivity contribution in [3.8, 4) is 0 Å². The van der Waals surface area contributed by atoms with E-state index in [-0.39, 0.29) is 25.6 Å². The van der Waals surface area contributed by atoms with Gasteiger partial charge in [-0.25, -0.2) is 4.79 Å². The summed E-state index contributed by atoms with van der Waals surface area (Å²) in [7, 11) is 0. The van der Waals surface area contributed by atoms with Crippen LogP contribution in [-0.4, -0.2) is 59.8 Å². The molecule has 1 rings (SSSR count). The number of aryl methyl sites for hydroxylation is 1. The van der Waals surface area contributed by atoms with Crippen LogP contribution in [0, 0.1) is 6.92 Å². The van der Waals surface area contributed by atoms with Crippen molar-refractivity contribution in [3.63, 3.8) is 0 Å². The zero-order chi connectivity index (χ0) is 22.7. The van der Waals surface area contributed by atoms with E-state index in [1.807, 2.05) is 26.0 Å². The summed E-state index contributed by atoms with van der Waals surface area (Å²) in [6, 6.07) is 6.39. The van der Waals surface area contributed by atoms with Crippen LogP contribution in [0.4, 0.5) is 4.79 Å². The number of hydrogen-bond donors (Lipinski definition) is 3. The number of amides is 3. The van der Waals surface area contributed by atoms with Crippen molar-refractivity contribution in [2.24, 2.45) is 0 Å². The lowest BCUT2D eigenvalue weighted by molar-refractivity contribution is -0.140. The fraction of sp³-hybridized carbons (Fsp3) is 0.591. The second kappa shape index (κ2) is 12.2. The van der Waals surface area contributed by atoms with Gasteiger partial charge in [0.15, 0.2) is 0 Å². The third-order valence-electron chi connectivity index (χ3n) is 4.23. The van der Waals surface area contributed by atoms with Crippen molar-refractivity contribution in [3.05, 3.63) is 35.4 Å². The van der Waals surface area contributed by atoms with Crippen LogP contribution in [0.15, 0.2) is 24.3 Å². The second-order valence-corrected chi connectivity index (χ2v) is 8.12. The molecule has 1 aromatic rings. The lowest BCUT2D eigenvalue weighted by Crippen LogP contribution is -2.48. The Morgan fingerprint density at radius 1 is 1.13 bits per heavy atom. The Morgan fingerprint density at radius 2 is 1.77 bits per heavy atom. The van der Waals surface area contributed by atoms with E-state index >= 15 is 0 Å². The summed E-state index contributed by atoms with van der Waals surface area (Å²) in [6.45, 7) is 8.91. The molecule has 0 bridgehead atoms. The summed E-state index contributed by atoms with van der Waals surface area (Å²) in [5.41, 5.74) is 0.964. The van der Waals surface area contributed by atoms with E-state index in [1.165, 1.54) is 4.90 Å². The SMILES string of the molecule is CCCCNC(=O)C(c1ccc(C)cc1)N(CCO)C(=O)CNC(=O)OC(C)(C)C. The number of nitrogens with zero attached hydrogens (tertiary/aromatic N) is 1. The molecule has 0 radical (unpaired) electrons. The molecule has 8 heteroatoms. The summed E-state index contributed by atoms with van der Waals surface area (Å²) in [5.74, 6) is -0.822. The highest BCUT2D eigenvalue weighted by atomic mass is 16.6. The van der Waals surface area contributed by atoms with Crippen LogP contribution in [0.2, 0.25) is 0 Å². The van der Waals surface area contributed by atoms with Gasteiger partial charge in [-0.05, 0) is 39.7 Å². The van der Waals surface area contributed by atoms with Gasteiger partial charge in [0.05, 0.1) is 6.61 Å². The van der Waals surface area contributed by atoms with Crippen molar-refractivity contribution < 1.29 is 24.2 Å². The highest BCUT2D eigenvalue weighted by Gasteiger charge is 2.31. The van der Waals surface area contributed by atoms with Crippen molar-refractivity contribution in [2.75, 3.05) is 26.2 Å². The lowest BCUT2D eigenvalue weighted by atomic mass is 10.0. The van der Waals surface area contributed by atoms with Crippen molar-refractivity contribution in [1.29, 1.82) is 0 Å². The molecule has 30 heavy (non-hydrogen) atoms. The van der Waals surface area contributed by atoms with Crippen LogP contribution in [0.3, 0.4) is 0 Å². The molecule has 3 N–H and O–H groups in total. The zero-order valence-electron chi connectivity index (χ0n) is 18.7. The molecule has 0 saturated heterocycles. The maximum Gasteiger partial charge on any atom is 0.408 e. The maximum atomic E-state index is 13.0. The quantitative estimate of drug-likeness (QED) is 0.503. The third-order valence-corrected chi connectivity index (χ3v) is 4.23. The first kappa shape index (κ1) is 25.4. The molecule has 1 atom stereocenters. The normalized spacial score (nSPS) is 12.1. The van der Waals surface area contributed by atoms with Gasteiger partial charge >= 0.3 is 6.09 Å². The van der Waals surface area contributed by atoms with Crippen LogP contribution < -0.4 is 10.6 Å². The average molecular weight is 422 g/mol. The topological polar surface area (TPSA) is 108 Å². The van der Waals surface area contributed by atoms with Gasteiger partial charge < -0.3 is 25.4 Å². The number of benzene rings is 1. The molecule has 1 unspecified atom stereocenters. The Labute approximate surface area is 179 Å². The predicted octanol–water partition coefficient (Wildman–Crippen LogP) is 2.30. The van der Waals surface area contributed by atoms with E-state index in [1.54, 1.807) is 32.9 Å². The van der Waals surface area contributed by atoms with Crippen LogP contribution in [-0.2, 0) is 14.3 Å². The Bertz CT molecular complexity index is 698. The van der Waals surface area contributed by atoms with Crippen molar-refractivity contribution in [2.45, 2.75) is 59.1 Å². The molecule has 3 amide bonds. The minimum absolute atomic E-state index is 0.0471. The smallest absolute Gasteiger partial charge is 0.408 e. The Morgan fingerprint density at radius 3 is 2.30 bits per heavy atom. The van der Waals surface area contributed by atoms with Crippen LogP contribution in [0.5, 0.6) is 0 Å². The molecule has 0 heterocycles. The molecule has 8 nitrogen and oxygen atoms in total. The number of nitrogens with one attached hydrogen (secondary N) is 2. The average Bonchev–Trinajstić information content (AvgIpc) is 2.66. The molecule has 0 fully saturated rings. The monoisotopic (exact) mass is 421 g/mol. The summed E-state index contributed by atoms with van der Waals surface area (Å²) in [6.07, 6.45) is 1.02. The van der Waals surface area contributed by atoms with E-state index < -0.39 is 23.6 Å². The molecule has 0 aliphatic carbocycles. The molecule has 168 valence electrons. The summed E-state index contributed by atoms with van der Waals surface area (Å²) < 4.78 is 5.15. The highest BCUT2D eigenvalue weighted by molar-refractivity contribution is 5.90.